The predicted molar refractivity (Wildman–Crippen MR) is 72.8 cm³/mol. The summed E-state index contributed by atoms with van der Waals surface area (Å²) in [6.45, 7) is 3.35. The Morgan fingerprint density at radius 3 is 1.57 bits per heavy atom. The van der Waals surface area contributed by atoms with Crippen LogP contribution in [-0.2, 0) is 0 Å². The van der Waals surface area contributed by atoms with Crippen LogP contribution in [0.25, 0.3) is 0 Å². The molecule has 0 nitrogen and oxygen atoms in total. The minimum atomic E-state index is 1.07. The maximum Gasteiger partial charge on any atom is 0.187 e. The van der Waals surface area contributed by atoms with Crippen LogP contribution in [0.15, 0.2) is 0 Å². The van der Waals surface area contributed by atoms with Gasteiger partial charge in [0.25, 0.3) is 0 Å². The summed E-state index contributed by atoms with van der Waals surface area (Å²) in [6.07, 6.45) is 15.7. The summed E-state index contributed by atoms with van der Waals surface area (Å²) in [5, 5.41) is 0. The lowest BCUT2D eigenvalue weighted by Crippen LogP contribution is -1.83. The fourth-order valence-corrected chi connectivity index (χ4v) is 2.00. The van der Waals surface area contributed by atoms with E-state index >= 15 is 0 Å². The van der Waals surface area contributed by atoms with Gasteiger partial charge >= 0.3 is 0 Å². The van der Waals surface area contributed by atoms with E-state index in [4.69, 9.17) is 0 Å². The molecule has 0 atom stereocenters. The van der Waals surface area contributed by atoms with E-state index in [0.717, 1.165) is 6.56 Å². The molecule has 84 valence electrons. The Hall–Kier alpha value is 0.415. The zero-order valence-electron chi connectivity index (χ0n) is 9.93. The van der Waals surface area contributed by atoms with Crippen LogP contribution >= 0.6 is 12.5 Å². The van der Waals surface area contributed by atoms with E-state index in [-0.39, 0.29) is 0 Å². The Morgan fingerprint density at radius 1 is 0.714 bits per heavy atom. The van der Waals surface area contributed by atoms with Crippen molar-refractivity contribution in [3.8, 4) is 0 Å². The van der Waals surface area contributed by atoms with Crippen molar-refractivity contribution in [2.75, 3.05) is 0 Å². The van der Waals surface area contributed by atoms with Gasteiger partial charge in [0.05, 0.1) is 0 Å². The van der Waals surface area contributed by atoms with Gasteiger partial charge in [0, 0.05) is 0 Å². The van der Waals surface area contributed by atoms with Gasteiger partial charge in [-0.3, -0.25) is 0 Å². The van der Waals surface area contributed by atoms with Crippen molar-refractivity contribution in [2.24, 2.45) is 0 Å². The molecule has 0 bridgehead atoms. The molecule has 0 aliphatic rings. The monoisotopic (exact) mass is 214 g/mol. The lowest BCUT2D eigenvalue weighted by atomic mass is 9.96. The van der Waals surface area contributed by atoms with Crippen molar-refractivity contribution in [3.63, 3.8) is 0 Å². The first-order valence-electron chi connectivity index (χ1n) is 6.52. The van der Waals surface area contributed by atoms with Crippen molar-refractivity contribution in [3.05, 3.63) is 0 Å². The number of hydrogen-bond acceptors (Lipinski definition) is 1. The van der Waals surface area contributed by atoms with Crippen molar-refractivity contribution in [2.45, 2.75) is 77.5 Å². The van der Waals surface area contributed by atoms with E-state index < -0.39 is 0 Å². The van der Waals surface area contributed by atoms with Gasteiger partial charge in [-0.05, 0) is 0 Å². The number of hydrogen-bond donors (Lipinski definition) is 1. The predicted octanol–water partition coefficient (Wildman–Crippen LogP) is 4.61. The van der Waals surface area contributed by atoms with Gasteiger partial charge in [0.2, 0.25) is 0 Å². The van der Waals surface area contributed by atoms with Gasteiger partial charge in [0.1, 0.15) is 0 Å². The SMILES string of the molecule is CCCCCCCCCCCCBS. The molecule has 0 aromatic heterocycles. The van der Waals surface area contributed by atoms with Crippen molar-refractivity contribution >= 4 is 19.0 Å². The first kappa shape index (κ1) is 14.4. The molecule has 0 aromatic rings. The van der Waals surface area contributed by atoms with Gasteiger partial charge in [0.15, 0.2) is 6.56 Å². The van der Waals surface area contributed by atoms with Crippen LogP contribution in [0.4, 0.5) is 0 Å². The Morgan fingerprint density at radius 2 is 1.14 bits per heavy atom. The lowest BCUT2D eigenvalue weighted by molar-refractivity contribution is 0.562. The molecule has 0 amide bonds. The maximum atomic E-state index is 4.21. The van der Waals surface area contributed by atoms with Gasteiger partial charge in [-0.25, -0.2) is 12.5 Å². The highest BCUT2D eigenvalue weighted by molar-refractivity contribution is 8.06. The van der Waals surface area contributed by atoms with Crippen LogP contribution in [0.1, 0.15) is 71.1 Å². The molecule has 2 heteroatoms. The summed E-state index contributed by atoms with van der Waals surface area (Å²) in [4.78, 5) is 0. The Labute approximate surface area is 96.8 Å². The Balaban J connectivity index is 2.78. The smallest absolute Gasteiger partial charge is 0.187 e. The summed E-state index contributed by atoms with van der Waals surface area (Å²) in [5.41, 5.74) is 0. The summed E-state index contributed by atoms with van der Waals surface area (Å²) in [7, 11) is 0. The zero-order chi connectivity index (χ0) is 10.5. The van der Waals surface area contributed by atoms with Gasteiger partial charge in [-0.15, -0.1) is 0 Å². The molecule has 0 saturated heterocycles. The molecule has 0 N–H and O–H groups in total. The van der Waals surface area contributed by atoms with Crippen LogP contribution in [0.2, 0.25) is 6.32 Å². The highest BCUT2D eigenvalue weighted by atomic mass is 32.1. The largest absolute Gasteiger partial charge is 0.232 e. The van der Waals surface area contributed by atoms with Crippen LogP contribution in [0.5, 0.6) is 0 Å². The molecular formula is C12H27BS. The molecule has 0 unspecified atom stereocenters. The number of thiol groups is 1. The quantitative estimate of drug-likeness (QED) is 0.290. The van der Waals surface area contributed by atoms with Crippen LogP contribution in [0, 0.1) is 0 Å². The van der Waals surface area contributed by atoms with E-state index in [2.05, 4.69) is 19.4 Å². The Bertz CT molecular complexity index is 84.3. The molecule has 0 saturated carbocycles. The van der Waals surface area contributed by atoms with Crippen LogP contribution in [0.3, 0.4) is 0 Å². The van der Waals surface area contributed by atoms with E-state index in [1.165, 1.54) is 70.5 Å². The molecular weight excluding hydrogens is 187 g/mol. The molecule has 14 heavy (non-hydrogen) atoms. The van der Waals surface area contributed by atoms with E-state index in [1.807, 2.05) is 0 Å². The molecule has 0 heterocycles. The normalized spacial score (nSPS) is 10.4. The number of unbranched alkanes of at least 4 members (excludes halogenated alkanes) is 9. The lowest BCUT2D eigenvalue weighted by Gasteiger charge is -2.01. The second kappa shape index (κ2) is 13.4. The maximum absolute atomic E-state index is 4.21. The highest BCUT2D eigenvalue weighted by Crippen LogP contribution is 2.11. The first-order chi connectivity index (χ1) is 6.91. The minimum absolute atomic E-state index is 1.07. The van der Waals surface area contributed by atoms with Crippen molar-refractivity contribution < 1.29 is 0 Å². The fraction of sp³-hybridized carbons (Fsp3) is 1.00. The molecule has 0 fully saturated rings. The van der Waals surface area contributed by atoms with E-state index in [9.17, 15) is 0 Å². The molecule has 0 rings (SSSR count). The minimum Gasteiger partial charge on any atom is -0.232 e. The van der Waals surface area contributed by atoms with Crippen molar-refractivity contribution in [1.29, 1.82) is 0 Å². The average molecular weight is 214 g/mol. The third-order valence-electron chi connectivity index (χ3n) is 2.76. The first-order valence-corrected chi connectivity index (χ1v) is 7.16. The zero-order valence-corrected chi connectivity index (χ0v) is 10.8. The van der Waals surface area contributed by atoms with E-state index in [0.29, 0.717) is 0 Å². The average Bonchev–Trinajstić information content (AvgIpc) is 2.21. The van der Waals surface area contributed by atoms with Gasteiger partial charge < -0.3 is 0 Å². The fourth-order valence-electron chi connectivity index (χ4n) is 1.78. The standard InChI is InChI=1S/C12H27BS/c1-2-3-4-5-6-7-8-9-10-11-12-13-14/h13-14H,2-12H2,1H3. The van der Waals surface area contributed by atoms with E-state index in [1.54, 1.807) is 0 Å². The molecule has 0 aliphatic heterocycles. The molecule has 0 spiro atoms. The summed E-state index contributed by atoms with van der Waals surface area (Å²) >= 11 is 4.21. The van der Waals surface area contributed by atoms with Crippen molar-refractivity contribution in [1.82, 2.24) is 0 Å². The number of rotatable bonds is 11. The molecule has 0 aliphatic carbocycles. The highest BCUT2D eigenvalue weighted by Gasteiger charge is 1.92. The third kappa shape index (κ3) is 12.4. The summed E-state index contributed by atoms with van der Waals surface area (Å²) in [5.74, 6) is 0. The van der Waals surface area contributed by atoms with Crippen LogP contribution < -0.4 is 0 Å². The van der Waals surface area contributed by atoms with Gasteiger partial charge in [-0.1, -0.05) is 77.5 Å². The molecule has 0 radical (unpaired) electrons. The molecule has 0 aromatic carbocycles. The second-order valence-electron chi connectivity index (χ2n) is 4.26. The second-order valence-corrected chi connectivity index (χ2v) is 4.71. The summed E-state index contributed by atoms with van der Waals surface area (Å²) in [6, 6.07) is 0. The van der Waals surface area contributed by atoms with Crippen LogP contribution in [-0.4, -0.2) is 6.56 Å². The van der Waals surface area contributed by atoms with Gasteiger partial charge in [-0.2, -0.15) is 0 Å². The Kier molecular flexibility index (Phi) is 13.8. The topological polar surface area (TPSA) is 0 Å². The summed E-state index contributed by atoms with van der Waals surface area (Å²) < 4.78 is 0. The third-order valence-corrected chi connectivity index (χ3v) is 3.08.